The Morgan fingerprint density at radius 1 is 1.05 bits per heavy atom. The summed E-state index contributed by atoms with van der Waals surface area (Å²) in [5.41, 5.74) is 1.43. The fourth-order valence-electron chi connectivity index (χ4n) is 3.75. The zero-order chi connectivity index (χ0) is 14.5. The Labute approximate surface area is 128 Å². The summed E-state index contributed by atoms with van der Waals surface area (Å²) in [5, 5.41) is 3.88. The monoisotopic (exact) mass is 288 g/mol. The van der Waals surface area contributed by atoms with Crippen LogP contribution in [0.1, 0.15) is 37.7 Å². The molecule has 1 aromatic rings. The van der Waals surface area contributed by atoms with Gasteiger partial charge in [0.25, 0.3) is 0 Å². The predicted molar refractivity (Wildman–Crippen MR) is 86.3 cm³/mol. The second kappa shape index (κ2) is 7.39. The van der Waals surface area contributed by atoms with Crippen molar-refractivity contribution >= 4 is 0 Å². The molecule has 116 valence electrons. The van der Waals surface area contributed by atoms with E-state index >= 15 is 0 Å². The summed E-state index contributed by atoms with van der Waals surface area (Å²) in [6.07, 6.45) is 6.77. The zero-order valence-corrected chi connectivity index (χ0v) is 13.1. The number of nitrogens with one attached hydrogen (secondary N) is 1. The molecule has 0 amide bonds. The summed E-state index contributed by atoms with van der Waals surface area (Å²) in [5.74, 6) is 0. The van der Waals surface area contributed by atoms with Gasteiger partial charge in [-0.3, -0.25) is 4.90 Å². The fourth-order valence-corrected chi connectivity index (χ4v) is 3.75. The van der Waals surface area contributed by atoms with Crippen molar-refractivity contribution < 1.29 is 4.74 Å². The molecule has 3 rings (SSSR count). The van der Waals surface area contributed by atoms with Gasteiger partial charge in [0.15, 0.2) is 0 Å². The maximum absolute atomic E-state index is 5.46. The first-order valence-electron chi connectivity index (χ1n) is 8.38. The normalized spacial score (nSPS) is 30.6. The van der Waals surface area contributed by atoms with Crippen LogP contribution in [0.25, 0.3) is 0 Å². The van der Waals surface area contributed by atoms with Crippen molar-refractivity contribution in [1.82, 2.24) is 10.2 Å². The molecule has 1 atom stereocenters. The van der Waals surface area contributed by atoms with Gasteiger partial charge < -0.3 is 10.1 Å². The molecule has 2 aliphatic rings. The van der Waals surface area contributed by atoms with E-state index in [2.05, 4.69) is 40.5 Å². The molecule has 1 saturated carbocycles. The summed E-state index contributed by atoms with van der Waals surface area (Å²) in [6.45, 7) is 3.51. The topological polar surface area (TPSA) is 24.5 Å². The van der Waals surface area contributed by atoms with E-state index in [1.54, 1.807) is 0 Å². The number of methoxy groups -OCH3 is 1. The molecule has 1 aromatic carbocycles. The van der Waals surface area contributed by atoms with Crippen molar-refractivity contribution in [3.8, 4) is 0 Å². The van der Waals surface area contributed by atoms with Crippen LogP contribution >= 0.6 is 0 Å². The van der Waals surface area contributed by atoms with Crippen LogP contribution in [-0.4, -0.2) is 43.3 Å². The van der Waals surface area contributed by atoms with Crippen LogP contribution in [0.4, 0.5) is 0 Å². The van der Waals surface area contributed by atoms with Gasteiger partial charge in [-0.05, 0) is 37.7 Å². The molecular weight excluding hydrogens is 260 g/mol. The fraction of sp³-hybridized carbons (Fsp3) is 0.667. The summed E-state index contributed by atoms with van der Waals surface area (Å²) in [7, 11) is 1.84. The van der Waals surface area contributed by atoms with Crippen LogP contribution in [0.5, 0.6) is 0 Å². The average Bonchev–Trinajstić information content (AvgIpc) is 2.96. The first-order chi connectivity index (χ1) is 10.3. The van der Waals surface area contributed by atoms with Gasteiger partial charge in [0.1, 0.15) is 0 Å². The summed E-state index contributed by atoms with van der Waals surface area (Å²) in [4.78, 5) is 2.58. The second-order valence-electron chi connectivity index (χ2n) is 6.58. The van der Waals surface area contributed by atoms with Crippen LogP contribution in [-0.2, 0) is 11.3 Å². The third-order valence-corrected chi connectivity index (χ3v) is 5.00. The molecule has 1 unspecified atom stereocenters. The van der Waals surface area contributed by atoms with Gasteiger partial charge in [0.2, 0.25) is 0 Å². The van der Waals surface area contributed by atoms with E-state index in [1.165, 1.54) is 50.8 Å². The molecule has 2 fully saturated rings. The zero-order valence-electron chi connectivity index (χ0n) is 13.1. The van der Waals surface area contributed by atoms with Crippen LogP contribution in [0.3, 0.4) is 0 Å². The SMILES string of the molecule is COC1CCC(NC2CCN(Cc3ccccc3)C2)CC1. The summed E-state index contributed by atoms with van der Waals surface area (Å²) < 4.78 is 5.46. The van der Waals surface area contributed by atoms with E-state index < -0.39 is 0 Å². The van der Waals surface area contributed by atoms with Crippen LogP contribution < -0.4 is 5.32 Å². The van der Waals surface area contributed by atoms with Gasteiger partial charge in [0, 0.05) is 38.8 Å². The number of likely N-dealkylation sites (tertiary alicyclic amines) is 1. The second-order valence-corrected chi connectivity index (χ2v) is 6.58. The van der Waals surface area contributed by atoms with Gasteiger partial charge >= 0.3 is 0 Å². The minimum atomic E-state index is 0.501. The highest BCUT2D eigenvalue weighted by molar-refractivity contribution is 5.14. The highest BCUT2D eigenvalue weighted by Crippen LogP contribution is 2.22. The molecule has 0 radical (unpaired) electrons. The molecular formula is C18H28N2O. The van der Waals surface area contributed by atoms with Gasteiger partial charge in [-0.15, -0.1) is 0 Å². The molecule has 21 heavy (non-hydrogen) atoms. The Kier molecular flexibility index (Phi) is 5.28. The van der Waals surface area contributed by atoms with Crippen molar-refractivity contribution in [1.29, 1.82) is 0 Å². The van der Waals surface area contributed by atoms with Gasteiger partial charge in [-0.1, -0.05) is 30.3 Å². The largest absolute Gasteiger partial charge is 0.381 e. The van der Waals surface area contributed by atoms with Crippen molar-refractivity contribution in [2.45, 2.75) is 56.8 Å². The number of hydrogen-bond acceptors (Lipinski definition) is 3. The molecule has 1 saturated heterocycles. The minimum Gasteiger partial charge on any atom is -0.381 e. The molecule has 1 N–H and O–H groups in total. The van der Waals surface area contributed by atoms with Crippen LogP contribution in [0.15, 0.2) is 30.3 Å². The van der Waals surface area contributed by atoms with Gasteiger partial charge in [-0.25, -0.2) is 0 Å². The molecule has 0 aromatic heterocycles. The molecule has 3 nitrogen and oxygen atoms in total. The first-order valence-corrected chi connectivity index (χ1v) is 8.38. The number of benzene rings is 1. The highest BCUT2D eigenvalue weighted by Gasteiger charge is 2.27. The Hall–Kier alpha value is -0.900. The molecule has 0 spiro atoms. The molecule has 3 heteroatoms. The van der Waals surface area contributed by atoms with E-state index in [0.29, 0.717) is 18.2 Å². The van der Waals surface area contributed by atoms with Crippen molar-refractivity contribution in [2.24, 2.45) is 0 Å². The Bertz CT molecular complexity index is 414. The Morgan fingerprint density at radius 2 is 1.81 bits per heavy atom. The van der Waals surface area contributed by atoms with Gasteiger partial charge in [0.05, 0.1) is 6.10 Å². The average molecular weight is 288 g/mol. The van der Waals surface area contributed by atoms with E-state index in [4.69, 9.17) is 4.74 Å². The summed E-state index contributed by atoms with van der Waals surface area (Å²) >= 11 is 0. The minimum absolute atomic E-state index is 0.501. The lowest BCUT2D eigenvalue weighted by Crippen LogP contribution is -2.42. The van der Waals surface area contributed by atoms with E-state index in [9.17, 15) is 0 Å². The van der Waals surface area contributed by atoms with Crippen molar-refractivity contribution in [2.75, 3.05) is 20.2 Å². The number of hydrogen-bond donors (Lipinski definition) is 1. The third-order valence-electron chi connectivity index (χ3n) is 5.00. The molecule has 1 aliphatic heterocycles. The highest BCUT2D eigenvalue weighted by atomic mass is 16.5. The lowest BCUT2D eigenvalue weighted by atomic mass is 9.92. The third kappa shape index (κ3) is 4.29. The Balaban J connectivity index is 1.41. The first kappa shape index (κ1) is 15.0. The Morgan fingerprint density at radius 3 is 2.52 bits per heavy atom. The lowest BCUT2D eigenvalue weighted by molar-refractivity contribution is 0.0612. The predicted octanol–water partition coefficient (Wildman–Crippen LogP) is 2.81. The number of ether oxygens (including phenoxy) is 1. The summed E-state index contributed by atoms with van der Waals surface area (Å²) in [6, 6.07) is 12.2. The molecule has 1 heterocycles. The smallest absolute Gasteiger partial charge is 0.0572 e. The maximum Gasteiger partial charge on any atom is 0.0572 e. The van der Waals surface area contributed by atoms with Crippen molar-refractivity contribution in [3.05, 3.63) is 35.9 Å². The van der Waals surface area contributed by atoms with E-state index in [1.807, 2.05) is 7.11 Å². The van der Waals surface area contributed by atoms with Crippen LogP contribution in [0.2, 0.25) is 0 Å². The standard InChI is InChI=1S/C18H28N2O/c1-21-18-9-7-16(8-10-18)19-17-11-12-20(14-17)13-15-5-3-2-4-6-15/h2-6,16-19H,7-14H2,1H3. The molecule has 1 aliphatic carbocycles. The van der Waals surface area contributed by atoms with Crippen molar-refractivity contribution in [3.63, 3.8) is 0 Å². The van der Waals surface area contributed by atoms with E-state index in [0.717, 1.165) is 6.54 Å². The quantitative estimate of drug-likeness (QED) is 0.901. The van der Waals surface area contributed by atoms with Crippen LogP contribution in [0, 0.1) is 0 Å². The molecule has 0 bridgehead atoms. The number of rotatable bonds is 5. The maximum atomic E-state index is 5.46. The lowest BCUT2D eigenvalue weighted by Gasteiger charge is -2.30. The number of nitrogens with zero attached hydrogens (tertiary/aromatic N) is 1. The van der Waals surface area contributed by atoms with E-state index in [-0.39, 0.29) is 0 Å². The van der Waals surface area contributed by atoms with Gasteiger partial charge in [-0.2, -0.15) is 0 Å².